The van der Waals surface area contributed by atoms with Gasteiger partial charge in [0.05, 0.1) is 0 Å². The van der Waals surface area contributed by atoms with Crippen LogP contribution in [0.2, 0.25) is 0 Å². The normalized spacial score (nSPS) is 14.5. The first-order chi connectivity index (χ1) is 15.3. The Hall–Kier alpha value is -3.53. The van der Waals surface area contributed by atoms with Crippen molar-refractivity contribution >= 4 is 24.5 Å². The molecule has 0 atom stereocenters. The fourth-order valence-corrected chi connectivity index (χ4v) is 3.51. The van der Waals surface area contributed by atoms with Crippen LogP contribution in [0.5, 0.6) is 0 Å². The van der Waals surface area contributed by atoms with E-state index in [9.17, 15) is 9.18 Å². The Labute approximate surface area is 186 Å². The fraction of sp³-hybridized carbons (Fsp3) is 0.364. The van der Waals surface area contributed by atoms with Gasteiger partial charge in [0, 0.05) is 51.8 Å². The van der Waals surface area contributed by atoms with Gasteiger partial charge < -0.3 is 20.4 Å². The van der Waals surface area contributed by atoms with Crippen LogP contribution < -0.4 is 5.32 Å². The number of hydrogen-bond donors (Lipinski definition) is 3. The lowest BCUT2D eigenvalue weighted by atomic mass is 9.85. The number of rotatable bonds is 5. The second kappa shape index (κ2) is 13.7. The monoisotopic (exact) mass is 448 g/mol. The third-order valence-corrected chi connectivity index (χ3v) is 4.86. The molecule has 0 spiro atoms. The molecule has 1 saturated heterocycles. The molecule has 9 nitrogen and oxygen atoms in total. The number of carbonyl (C=O) groups is 3. The summed E-state index contributed by atoms with van der Waals surface area (Å²) in [5, 5.41) is 17.1. The molecule has 1 aromatic heterocycles. The zero-order chi connectivity index (χ0) is 24.0. The first kappa shape index (κ1) is 26.5. The maximum Gasteiger partial charge on any atom is 0.290 e. The summed E-state index contributed by atoms with van der Waals surface area (Å²) in [4.78, 5) is 37.7. The zero-order valence-electron chi connectivity index (χ0n) is 18.1. The summed E-state index contributed by atoms with van der Waals surface area (Å²) in [5.74, 6) is -0.278. The number of likely N-dealkylation sites (tertiary alicyclic amines) is 1. The number of pyridine rings is 1. The van der Waals surface area contributed by atoms with Crippen LogP contribution in [-0.4, -0.2) is 76.6 Å². The summed E-state index contributed by atoms with van der Waals surface area (Å²) in [6.07, 6.45) is 4.97. The van der Waals surface area contributed by atoms with E-state index in [1.54, 1.807) is 37.3 Å². The SMILES string of the molecule is CN(C)C(=O)C1(Nc2cccc(F)c2)CCN(Cc2cccnc2)CC1.O=CO.O=CO. The standard InChI is InChI=1S/C20H25FN4O.2CH2O2/c1-24(2)19(26)20(23-18-7-3-6-17(21)13-18)8-11-25(12-9-20)15-16-5-4-10-22-14-16;2*2-1-3/h3-7,10,13-14,23H,8-9,11-12,15H2,1-2H3;2*1H,(H,2,3). The van der Waals surface area contributed by atoms with Crippen molar-refractivity contribution in [1.29, 1.82) is 0 Å². The Bertz CT molecular complexity index is 837. The Balaban J connectivity index is 0.000000769. The maximum atomic E-state index is 13.6. The summed E-state index contributed by atoms with van der Waals surface area (Å²) in [7, 11) is 3.53. The summed E-state index contributed by atoms with van der Waals surface area (Å²) >= 11 is 0. The number of likely N-dealkylation sites (N-methyl/N-ethyl adjacent to an activating group) is 1. The molecule has 2 aromatic rings. The first-order valence-corrected chi connectivity index (χ1v) is 9.84. The second-order valence-electron chi connectivity index (χ2n) is 7.27. The van der Waals surface area contributed by atoms with Gasteiger partial charge in [-0.3, -0.25) is 24.3 Å². The van der Waals surface area contributed by atoms with Gasteiger partial charge in [0.25, 0.3) is 12.9 Å². The number of hydrogen-bond acceptors (Lipinski definition) is 6. The van der Waals surface area contributed by atoms with Crippen molar-refractivity contribution in [2.24, 2.45) is 0 Å². The Morgan fingerprint density at radius 3 is 2.31 bits per heavy atom. The lowest BCUT2D eigenvalue weighted by Crippen LogP contribution is -2.57. The van der Waals surface area contributed by atoms with E-state index >= 15 is 0 Å². The van der Waals surface area contributed by atoms with E-state index in [0.717, 1.165) is 25.2 Å². The average molecular weight is 448 g/mol. The smallest absolute Gasteiger partial charge is 0.290 e. The summed E-state index contributed by atoms with van der Waals surface area (Å²) in [6.45, 7) is 1.90. The van der Waals surface area contributed by atoms with Crippen LogP contribution in [0.1, 0.15) is 18.4 Å². The van der Waals surface area contributed by atoms with Crippen molar-refractivity contribution in [3.05, 3.63) is 60.2 Å². The largest absolute Gasteiger partial charge is 0.483 e. The van der Waals surface area contributed by atoms with Gasteiger partial charge in [0.2, 0.25) is 5.91 Å². The number of aromatic nitrogens is 1. The third kappa shape index (κ3) is 8.31. The average Bonchev–Trinajstić information content (AvgIpc) is 2.76. The number of amides is 1. The van der Waals surface area contributed by atoms with Gasteiger partial charge in [-0.1, -0.05) is 12.1 Å². The van der Waals surface area contributed by atoms with Crippen molar-refractivity contribution in [2.75, 3.05) is 32.5 Å². The molecule has 2 heterocycles. The van der Waals surface area contributed by atoms with Gasteiger partial charge in [0.1, 0.15) is 11.4 Å². The minimum absolute atomic E-state index is 0.0304. The predicted molar refractivity (Wildman–Crippen MR) is 118 cm³/mol. The molecule has 1 aliphatic heterocycles. The van der Waals surface area contributed by atoms with Crippen LogP contribution in [0, 0.1) is 5.82 Å². The molecule has 1 aliphatic rings. The van der Waals surface area contributed by atoms with E-state index in [1.165, 1.54) is 12.1 Å². The van der Waals surface area contributed by atoms with E-state index in [4.69, 9.17) is 19.8 Å². The predicted octanol–water partition coefficient (Wildman–Crippen LogP) is 2.16. The van der Waals surface area contributed by atoms with E-state index in [-0.39, 0.29) is 24.7 Å². The van der Waals surface area contributed by atoms with Gasteiger partial charge in [-0.25, -0.2) is 4.39 Å². The molecular formula is C22H29FN4O5. The lowest BCUT2D eigenvalue weighted by Gasteiger charge is -2.43. The highest BCUT2D eigenvalue weighted by molar-refractivity contribution is 5.89. The van der Waals surface area contributed by atoms with E-state index < -0.39 is 5.54 Å². The van der Waals surface area contributed by atoms with Crippen LogP contribution in [0.4, 0.5) is 10.1 Å². The van der Waals surface area contributed by atoms with Crippen LogP contribution >= 0.6 is 0 Å². The molecule has 1 aromatic carbocycles. The molecule has 1 amide bonds. The van der Waals surface area contributed by atoms with Gasteiger partial charge in [-0.2, -0.15) is 0 Å². The van der Waals surface area contributed by atoms with Gasteiger partial charge in [-0.15, -0.1) is 0 Å². The van der Waals surface area contributed by atoms with E-state index in [1.807, 2.05) is 12.3 Å². The van der Waals surface area contributed by atoms with Crippen LogP contribution in [0.15, 0.2) is 48.8 Å². The number of carbonyl (C=O) groups excluding carboxylic acids is 1. The number of halogens is 1. The molecule has 0 unspecified atom stereocenters. The lowest BCUT2D eigenvalue weighted by molar-refractivity contribution is -0.135. The molecule has 0 saturated carbocycles. The van der Waals surface area contributed by atoms with Crippen LogP contribution in [-0.2, 0) is 20.9 Å². The number of carboxylic acid groups (broad SMARTS) is 2. The Morgan fingerprint density at radius 2 is 1.81 bits per heavy atom. The Kier molecular flexibility index (Phi) is 11.4. The quantitative estimate of drug-likeness (QED) is 0.595. The van der Waals surface area contributed by atoms with Crippen molar-refractivity contribution in [1.82, 2.24) is 14.8 Å². The highest BCUT2D eigenvalue weighted by Crippen LogP contribution is 2.29. The molecule has 174 valence electrons. The fourth-order valence-electron chi connectivity index (χ4n) is 3.51. The van der Waals surface area contributed by atoms with Crippen molar-refractivity contribution in [3.63, 3.8) is 0 Å². The number of nitrogens with one attached hydrogen (secondary N) is 1. The van der Waals surface area contributed by atoms with Crippen molar-refractivity contribution in [2.45, 2.75) is 24.9 Å². The molecule has 10 heteroatoms. The number of benzene rings is 1. The van der Waals surface area contributed by atoms with Gasteiger partial charge >= 0.3 is 0 Å². The minimum atomic E-state index is -0.706. The van der Waals surface area contributed by atoms with Crippen molar-refractivity contribution < 1.29 is 29.0 Å². The Morgan fingerprint density at radius 1 is 1.19 bits per heavy atom. The minimum Gasteiger partial charge on any atom is -0.483 e. The van der Waals surface area contributed by atoms with Crippen LogP contribution in [0.3, 0.4) is 0 Å². The summed E-state index contributed by atoms with van der Waals surface area (Å²) < 4.78 is 13.6. The van der Waals surface area contributed by atoms with Gasteiger partial charge in [-0.05, 0) is 42.7 Å². The van der Waals surface area contributed by atoms with E-state index in [0.29, 0.717) is 18.5 Å². The molecule has 0 aliphatic carbocycles. The molecule has 3 rings (SSSR count). The first-order valence-electron chi connectivity index (χ1n) is 9.84. The van der Waals surface area contributed by atoms with Crippen molar-refractivity contribution in [3.8, 4) is 0 Å². The third-order valence-electron chi connectivity index (χ3n) is 4.86. The summed E-state index contributed by atoms with van der Waals surface area (Å²) in [6, 6.07) is 10.3. The zero-order valence-corrected chi connectivity index (χ0v) is 18.1. The van der Waals surface area contributed by atoms with Gasteiger partial charge in [0.15, 0.2) is 0 Å². The molecule has 3 N–H and O–H groups in total. The molecular weight excluding hydrogens is 419 g/mol. The molecule has 1 fully saturated rings. The molecule has 0 bridgehead atoms. The van der Waals surface area contributed by atoms with E-state index in [2.05, 4.69) is 21.3 Å². The van der Waals surface area contributed by atoms with Crippen LogP contribution in [0.25, 0.3) is 0 Å². The maximum absolute atomic E-state index is 13.6. The summed E-state index contributed by atoms with van der Waals surface area (Å²) in [5.41, 5.74) is 1.10. The molecule has 0 radical (unpaired) electrons. The highest BCUT2D eigenvalue weighted by atomic mass is 19.1. The number of anilines is 1. The highest BCUT2D eigenvalue weighted by Gasteiger charge is 2.42. The molecule has 32 heavy (non-hydrogen) atoms. The topological polar surface area (TPSA) is 123 Å². The number of piperidine rings is 1. The number of nitrogens with zero attached hydrogens (tertiary/aromatic N) is 3. The second-order valence-corrected chi connectivity index (χ2v) is 7.27.